The predicted molar refractivity (Wildman–Crippen MR) is 85.4 cm³/mol. The molecule has 3 rings (SSSR count). The molecule has 26 heavy (non-hydrogen) atoms. The summed E-state index contributed by atoms with van der Waals surface area (Å²) in [5.41, 5.74) is -0.451. The summed E-state index contributed by atoms with van der Waals surface area (Å²) in [6, 6.07) is 7.49. The molecule has 136 valence electrons. The Bertz CT molecular complexity index is 822. The third-order valence-electron chi connectivity index (χ3n) is 3.80. The van der Waals surface area contributed by atoms with E-state index in [1.54, 1.807) is 24.3 Å². The molecule has 2 heterocycles. The molecule has 0 aliphatic carbocycles. The number of hydrogen-bond donors (Lipinski definition) is 1. The van der Waals surface area contributed by atoms with Gasteiger partial charge in [-0.3, -0.25) is 9.78 Å². The molecule has 1 saturated heterocycles. The summed E-state index contributed by atoms with van der Waals surface area (Å²) in [7, 11) is 0. The Morgan fingerprint density at radius 3 is 2.58 bits per heavy atom. The molecule has 1 aromatic heterocycles. The molecule has 2 aromatic rings. The lowest BCUT2D eigenvalue weighted by molar-refractivity contribution is -0.138. The monoisotopic (exact) mass is 365 g/mol. The van der Waals surface area contributed by atoms with E-state index in [1.165, 1.54) is 4.90 Å². The van der Waals surface area contributed by atoms with E-state index in [4.69, 9.17) is 4.74 Å². The molecule has 1 aromatic carbocycles. The molecular weight excluding hydrogens is 351 g/mol. The number of carbonyl (C=O) groups excluding carboxylic acids is 2. The first-order valence-corrected chi connectivity index (χ1v) is 7.68. The van der Waals surface area contributed by atoms with Crippen LogP contribution in [0.15, 0.2) is 42.7 Å². The lowest BCUT2D eigenvalue weighted by Crippen LogP contribution is -2.23. The molecule has 6 nitrogen and oxygen atoms in total. The van der Waals surface area contributed by atoms with E-state index >= 15 is 0 Å². The minimum Gasteiger partial charge on any atom is -0.448 e. The summed E-state index contributed by atoms with van der Waals surface area (Å²) in [6.45, 7) is 1.20. The van der Waals surface area contributed by atoms with Crippen LogP contribution in [0.4, 0.5) is 23.7 Å². The largest absolute Gasteiger partial charge is 0.448 e. The van der Waals surface area contributed by atoms with Gasteiger partial charge in [0.2, 0.25) is 0 Å². The Balaban J connectivity index is 1.70. The normalized spacial score (nSPS) is 14.3. The number of carbonyl (C=O) groups is 2. The van der Waals surface area contributed by atoms with Crippen LogP contribution in [-0.2, 0) is 17.5 Å². The topological polar surface area (TPSA) is 71.5 Å². The zero-order chi connectivity index (χ0) is 18.7. The van der Waals surface area contributed by atoms with Crippen LogP contribution in [0, 0.1) is 0 Å². The highest BCUT2D eigenvalue weighted by atomic mass is 19.4. The van der Waals surface area contributed by atoms with Gasteiger partial charge in [0.25, 0.3) is 5.91 Å². The highest BCUT2D eigenvalue weighted by Crippen LogP contribution is 2.31. The van der Waals surface area contributed by atoms with Crippen molar-refractivity contribution in [3.05, 3.63) is 59.4 Å². The van der Waals surface area contributed by atoms with Crippen molar-refractivity contribution in [1.29, 1.82) is 0 Å². The fourth-order valence-electron chi connectivity index (χ4n) is 2.50. The van der Waals surface area contributed by atoms with Gasteiger partial charge in [-0.2, -0.15) is 13.2 Å². The molecule has 1 fully saturated rings. The van der Waals surface area contributed by atoms with Crippen LogP contribution in [0.3, 0.4) is 0 Å². The maximum absolute atomic E-state index is 13.0. The molecule has 0 saturated carbocycles. The number of cyclic esters (lactones) is 1. The van der Waals surface area contributed by atoms with Crippen molar-refractivity contribution >= 4 is 17.7 Å². The predicted octanol–water partition coefficient (Wildman–Crippen LogP) is 3.30. The Labute approximate surface area is 146 Å². The van der Waals surface area contributed by atoms with Crippen LogP contribution in [0.25, 0.3) is 0 Å². The standard InChI is InChI=1S/C17H14F3N3O3/c18-17(19,20)14-9-21-6-5-13(14)15(24)22-12-3-1-11(2-4-12)10-23-7-8-26-16(23)25/h1-6,9H,7-8,10H2,(H,22,24). The summed E-state index contributed by atoms with van der Waals surface area (Å²) >= 11 is 0. The van der Waals surface area contributed by atoms with Gasteiger partial charge in [0, 0.05) is 24.6 Å². The number of benzene rings is 1. The van der Waals surface area contributed by atoms with Crippen molar-refractivity contribution in [2.24, 2.45) is 0 Å². The van der Waals surface area contributed by atoms with Crippen LogP contribution < -0.4 is 5.32 Å². The van der Waals surface area contributed by atoms with E-state index in [-0.39, 0.29) is 6.09 Å². The highest BCUT2D eigenvalue weighted by Gasteiger charge is 2.35. The molecule has 2 amide bonds. The van der Waals surface area contributed by atoms with Gasteiger partial charge in [0.05, 0.1) is 17.7 Å². The number of rotatable bonds is 4. The third-order valence-corrected chi connectivity index (χ3v) is 3.80. The van der Waals surface area contributed by atoms with Crippen molar-refractivity contribution < 1.29 is 27.5 Å². The van der Waals surface area contributed by atoms with Crippen LogP contribution >= 0.6 is 0 Å². The molecule has 0 unspecified atom stereocenters. The van der Waals surface area contributed by atoms with Crippen molar-refractivity contribution in [3.8, 4) is 0 Å². The van der Waals surface area contributed by atoms with Crippen molar-refractivity contribution in [1.82, 2.24) is 9.88 Å². The van der Waals surface area contributed by atoms with Crippen molar-refractivity contribution in [2.75, 3.05) is 18.5 Å². The van der Waals surface area contributed by atoms with E-state index in [9.17, 15) is 22.8 Å². The molecule has 0 bridgehead atoms. The van der Waals surface area contributed by atoms with Gasteiger partial charge in [-0.1, -0.05) is 12.1 Å². The van der Waals surface area contributed by atoms with E-state index in [0.717, 1.165) is 17.8 Å². The van der Waals surface area contributed by atoms with Crippen LogP contribution in [-0.4, -0.2) is 35.0 Å². The smallest absolute Gasteiger partial charge is 0.418 e. The van der Waals surface area contributed by atoms with Gasteiger partial charge in [-0.15, -0.1) is 0 Å². The SMILES string of the molecule is O=C(Nc1ccc(CN2CCOC2=O)cc1)c1ccncc1C(F)(F)F. The molecule has 0 atom stereocenters. The number of nitrogens with zero attached hydrogens (tertiary/aromatic N) is 2. The van der Waals surface area contributed by atoms with Gasteiger partial charge >= 0.3 is 12.3 Å². The molecule has 1 aliphatic rings. The molecule has 0 radical (unpaired) electrons. The van der Waals surface area contributed by atoms with E-state index < -0.39 is 23.2 Å². The minimum atomic E-state index is -4.67. The van der Waals surface area contributed by atoms with Crippen LogP contribution in [0.2, 0.25) is 0 Å². The first kappa shape index (κ1) is 17.7. The fraction of sp³-hybridized carbons (Fsp3) is 0.235. The summed E-state index contributed by atoms with van der Waals surface area (Å²) in [5, 5.41) is 2.43. The number of hydrogen-bond acceptors (Lipinski definition) is 4. The maximum Gasteiger partial charge on any atom is 0.418 e. The Morgan fingerprint density at radius 2 is 1.96 bits per heavy atom. The second kappa shape index (κ2) is 7.03. The zero-order valence-corrected chi connectivity index (χ0v) is 13.4. The summed E-state index contributed by atoms with van der Waals surface area (Å²) in [4.78, 5) is 28.5. The average molecular weight is 365 g/mol. The summed E-state index contributed by atoms with van der Waals surface area (Å²) in [6.07, 6.45) is -3.32. The first-order valence-electron chi connectivity index (χ1n) is 7.68. The van der Waals surface area contributed by atoms with Gasteiger partial charge in [0.15, 0.2) is 0 Å². The van der Waals surface area contributed by atoms with E-state index in [2.05, 4.69) is 10.3 Å². The lowest BCUT2D eigenvalue weighted by atomic mass is 10.1. The second-order valence-electron chi connectivity index (χ2n) is 5.61. The quantitative estimate of drug-likeness (QED) is 0.902. The van der Waals surface area contributed by atoms with E-state index in [0.29, 0.717) is 31.6 Å². The molecule has 9 heteroatoms. The number of halogens is 3. The average Bonchev–Trinajstić information content (AvgIpc) is 3.01. The van der Waals surface area contributed by atoms with E-state index in [1.807, 2.05) is 0 Å². The molecule has 0 spiro atoms. The van der Waals surface area contributed by atoms with Gasteiger partial charge < -0.3 is 15.0 Å². The van der Waals surface area contributed by atoms with Gasteiger partial charge in [-0.05, 0) is 23.8 Å². The third kappa shape index (κ3) is 3.93. The minimum absolute atomic E-state index is 0.340. The van der Waals surface area contributed by atoms with Crippen molar-refractivity contribution in [2.45, 2.75) is 12.7 Å². The Morgan fingerprint density at radius 1 is 1.23 bits per heavy atom. The Kier molecular flexibility index (Phi) is 4.79. The van der Waals surface area contributed by atoms with Crippen LogP contribution in [0.1, 0.15) is 21.5 Å². The zero-order valence-electron chi connectivity index (χ0n) is 13.4. The van der Waals surface area contributed by atoms with Crippen LogP contribution in [0.5, 0.6) is 0 Å². The number of nitrogens with one attached hydrogen (secondary N) is 1. The van der Waals surface area contributed by atoms with Gasteiger partial charge in [-0.25, -0.2) is 4.79 Å². The first-order chi connectivity index (χ1) is 12.3. The number of anilines is 1. The van der Waals surface area contributed by atoms with Gasteiger partial charge in [0.1, 0.15) is 6.61 Å². The maximum atomic E-state index is 13.0. The number of alkyl halides is 3. The Hall–Kier alpha value is -3.10. The highest BCUT2D eigenvalue weighted by molar-refractivity contribution is 6.05. The second-order valence-corrected chi connectivity index (χ2v) is 5.61. The molecule has 1 aliphatic heterocycles. The number of ether oxygens (including phenoxy) is 1. The fourth-order valence-corrected chi connectivity index (χ4v) is 2.50. The number of amides is 2. The summed E-state index contributed by atoms with van der Waals surface area (Å²) < 4.78 is 43.7. The molecule has 1 N–H and O–H groups in total. The summed E-state index contributed by atoms with van der Waals surface area (Å²) in [5.74, 6) is -0.879. The molecular formula is C17H14F3N3O3. The number of aromatic nitrogens is 1. The lowest BCUT2D eigenvalue weighted by Gasteiger charge is -2.14. The number of pyridine rings is 1. The van der Waals surface area contributed by atoms with Crippen molar-refractivity contribution in [3.63, 3.8) is 0 Å².